The minimum Gasteiger partial charge on any atom is -0.366 e. The van der Waals surface area contributed by atoms with Crippen LogP contribution in [0, 0.1) is 0 Å². The molecule has 20 heavy (non-hydrogen) atoms. The number of hydrogen-bond acceptors (Lipinski definition) is 4. The molecule has 1 atom stereocenters. The van der Waals surface area contributed by atoms with Gasteiger partial charge in [0.2, 0.25) is 5.91 Å². The molecule has 1 aromatic rings. The summed E-state index contributed by atoms with van der Waals surface area (Å²) in [7, 11) is 2.04. The summed E-state index contributed by atoms with van der Waals surface area (Å²) >= 11 is 6.28. The van der Waals surface area contributed by atoms with Gasteiger partial charge in [-0.3, -0.25) is 9.69 Å². The number of benzene rings is 1. The zero-order chi connectivity index (χ0) is 14.8. The van der Waals surface area contributed by atoms with Gasteiger partial charge in [0.25, 0.3) is 0 Å². The average molecular weight is 298 g/mol. The van der Waals surface area contributed by atoms with Gasteiger partial charge in [-0.1, -0.05) is 23.7 Å². The minimum atomic E-state index is -1.43. The van der Waals surface area contributed by atoms with Crippen LogP contribution in [0.2, 0.25) is 0 Å². The van der Waals surface area contributed by atoms with Crippen molar-refractivity contribution in [1.29, 1.82) is 0 Å². The Morgan fingerprint density at radius 1 is 1.40 bits per heavy atom. The number of piperazine rings is 1. The van der Waals surface area contributed by atoms with Crippen molar-refractivity contribution in [1.82, 2.24) is 9.80 Å². The quantitative estimate of drug-likeness (QED) is 0.626. The second-order valence-corrected chi connectivity index (χ2v) is 5.86. The molecular weight excluding hydrogens is 278 g/mol. The van der Waals surface area contributed by atoms with E-state index in [9.17, 15) is 9.90 Å². The van der Waals surface area contributed by atoms with E-state index in [1.54, 1.807) is 18.2 Å². The number of hydrogen-bond donors (Lipinski definition) is 2. The smallest absolute Gasteiger partial charge is 0.248 e. The molecule has 0 spiro atoms. The molecule has 6 heteroatoms. The fourth-order valence-corrected chi connectivity index (χ4v) is 2.68. The van der Waals surface area contributed by atoms with Crippen LogP contribution in [0.25, 0.3) is 0 Å². The molecule has 0 saturated carbocycles. The van der Waals surface area contributed by atoms with Crippen LogP contribution in [0.4, 0.5) is 0 Å². The Bertz CT molecular complexity index is 485. The lowest BCUT2D eigenvalue weighted by molar-refractivity contribution is -0.0561. The van der Waals surface area contributed by atoms with Crippen LogP contribution in [0.5, 0.6) is 0 Å². The average Bonchev–Trinajstić information content (AvgIpc) is 2.39. The van der Waals surface area contributed by atoms with E-state index in [-0.39, 0.29) is 6.42 Å². The summed E-state index contributed by atoms with van der Waals surface area (Å²) in [6.07, 6.45) is 0.249. The Kier molecular flexibility index (Phi) is 4.65. The van der Waals surface area contributed by atoms with E-state index in [4.69, 9.17) is 17.3 Å². The zero-order valence-corrected chi connectivity index (χ0v) is 12.3. The van der Waals surface area contributed by atoms with Crippen molar-refractivity contribution < 1.29 is 9.90 Å². The lowest BCUT2D eigenvalue weighted by Gasteiger charge is -2.40. The maximum Gasteiger partial charge on any atom is 0.248 e. The van der Waals surface area contributed by atoms with Gasteiger partial charge >= 0.3 is 0 Å². The van der Waals surface area contributed by atoms with Crippen molar-refractivity contribution in [3.8, 4) is 0 Å². The third kappa shape index (κ3) is 3.70. The Morgan fingerprint density at radius 3 is 2.65 bits per heavy atom. The molecule has 0 aromatic heterocycles. The maximum absolute atomic E-state index is 11.2. The standard InChI is InChI=1S/C14H20ClN3O2/c1-17-5-7-18(8-6-17)14(15,20)10-11-3-2-4-12(9-11)13(16)19/h2-4,9,20H,5-8,10H2,1H3,(H2,16,19). The Morgan fingerprint density at radius 2 is 2.05 bits per heavy atom. The summed E-state index contributed by atoms with van der Waals surface area (Å²) in [6, 6.07) is 6.89. The van der Waals surface area contributed by atoms with Crippen molar-refractivity contribution in [3.05, 3.63) is 35.4 Å². The number of halogens is 1. The summed E-state index contributed by atoms with van der Waals surface area (Å²) in [4.78, 5) is 15.2. The molecule has 110 valence electrons. The third-order valence-corrected chi connectivity index (χ3v) is 4.00. The number of carbonyl (C=O) groups excluding carboxylic acids is 1. The number of likely N-dealkylation sites (N-methyl/N-ethyl adjacent to an activating group) is 1. The van der Waals surface area contributed by atoms with E-state index >= 15 is 0 Å². The Balaban J connectivity index is 2.07. The number of alkyl halides is 1. The first-order valence-corrected chi connectivity index (χ1v) is 7.00. The van der Waals surface area contributed by atoms with Gasteiger partial charge in [-0.25, -0.2) is 0 Å². The number of carbonyl (C=O) groups is 1. The topological polar surface area (TPSA) is 69.8 Å². The lowest BCUT2D eigenvalue weighted by atomic mass is 10.1. The highest BCUT2D eigenvalue weighted by atomic mass is 35.5. The molecule has 5 nitrogen and oxygen atoms in total. The van der Waals surface area contributed by atoms with Crippen molar-refractivity contribution in [3.63, 3.8) is 0 Å². The molecule has 1 aromatic carbocycles. The van der Waals surface area contributed by atoms with E-state index in [1.807, 2.05) is 18.0 Å². The van der Waals surface area contributed by atoms with Crippen LogP contribution in [0.15, 0.2) is 24.3 Å². The summed E-state index contributed by atoms with van der Waals surface area (Å²) in [5.41, 5.74) is 6.47. The monoisotopic (exact) mass is 297 g/mol. The largest absolute Gasteiger partial charge is 0.366 e. The summed E-state index contributed by atoms with van der Waals surface area (Å²) < 4.78 is 0. The van der Waals surface area contributed by atoms with E-state index in [0.29, 0.717) is 18.7 Å². The van der Waals surface area contributed by atoms with Gasteiger partial charge in [0, 0.05) is 38.2 Å². The second-order valence-electron chi connectivity index (χ2n) is 5.25. The summed E-state index contributed by atoms with van der Waals surface area (Å²) in [5.74, 6) is -0.482. The maximum atomic E-state index is 11.2. The van der Waals surface area contributed by atoms with Crippen molar-refractivity contribution in [2.24, 2.45) is 5.73 Å². The Hall–Kier alpha value is -1.14. The van der Waals surface area contributed by atoms with Gasteiger partial charge in [-0.15, -0.1) is 0 Å². The fraction of sp³-hybridized carbons (Fsp3) is 0.500. The van der Waals surface area contributed by atoms with Gasteiger partial charge in [0.05, 0.1) is 0 Å². The SMILES string of the molecule is CN1CCN(C(O)(Cl)Cc2cccc(C(N)=O)c2)CC1. The molecule has 0 aliphatic carbocycles. The highest BCUT2D eigenvalue weighted by molar-refractivity contribution is 6.22. The van der Waals surface area contributed by atoms with Gasteiger partial charge in [0.15, 0.2) is 5.18 Å². The van der Waals surface area contributed by atoms with Crippen LogP contribution in [-0.4, -0.2) is 59.2 Å². The number of nitrogens with two attached hydrogens (primary N) is 1. The fourth-order valence-electron chi connectivity index (χ4n) is 2.36. The molecule has 1 fully saturated rings. The lowest BCUT2D eigenvalue weighted by Crippen LogP contribution is -2.54. The van der Waals surface area contributed by atoms with Crippen LogP contribution >= 0.6 is 11.6 Å². The molecule has 1 heterocycles. The number of primary amides is 1. The van der Waals surface area contributed by atoms with Crippen LogP contribution in [0.3, 0.4) is 0 Å². The van der Waals surface area contributed by atoms with E-state index in [1.165, 1.54) is 0 Å². The third-order valence-electron chi connectivity index (χ3n) is 3.63. The molecule has 1 unspecified atom stereocenters. The first-order chi connectivity index (χ1) is 9.38. The summed E-state index contributed by atoms with van der Waals surface area (Å²) in [5, 5.41) is 9.03. The minimum absolute atomic E-state index is 0.249. The molecular formula is C14H20ClN3O2. The molecule has 0 radical (unpaired) electrons. The number of aliphatic hydroxyl groups is 1. The van der Waals surface area contributed by atoms with Gasteiger partial charge < -0.3 is 15.7 Å². The van der Waals surface area contributed by atoms with Crippen LogP contribution < -0.4 is 5.73 Å². The van der Waals surface area contributed by atoms with E-state index in [2.05, 4.69) is 4.90 Å². The van der Waals surface area contributed by atoms with Crippen molar-refractivity contribution in [2.45, 2.75) is 11.6 Å². The molecule has 2 rings (SSSR count). The number of rotatable bonds is 4. The molecule has 1 aliphatic rings. The summed E-state index contributed by atoms with van der Waals surface area (Å²) in [6.45, 7) is 3.17. The first-order valence-electron chi connectivity index (χ1n) is 6.62. The van der Waals surface area contributed by atoms with E-state index in [0.717, 1.165) is 18.7 Å². The van der Waals surface area contributed by atoms with Crippen molar-refractivity contribution in [2.75, 3.05) is 33.2 Å². The van der Waals surface area contributed by atoms with Gasteiger partial charge in [-0.2, -0.15) is 0 Å². The van der Waals surface area contributed by atoms with Gasteiger partial charge in [-0.05, 0) is 24.7 Å². The highest BCUT2D eigenvalue weighted by Crippen LogP contribution is 2.24. The molecule has 3 N–H and O–H groups in total. The Labute approximate surface area is 123 Å². The highest BCUT2D eigenvalue weighted by Gasteiger charge is 2.34. The van der Waals surface area contributed by atoms with Crippen molar-refractivity contribution >= 4 is 17.5 Å². The molecule has 1 saturated heterocycles. The zero-order valence-electron chi connectivity index (χ0n) is 11.6. The normalized spacial score (nSPS) is 20.6. The predicted octanol–water partition coefficient (Wildman–Crippen LogP) is 0.460. The second kappa shape index (κ2) is 6.10. The molecule has 1 amide bonds. The molecule has 1 aliphatic heterocycles. The van der Waals surface area contributed by atoms with Crippen LogP contribution in [-0.2, 0) is 6.42 Å². The first kappa shape index (κ1) is 15.3. The number of nitrogens with zero attached hydrogens (tertiary/aromatic N) is 2. The van der Waals surface area contributed by atoms with Crippen LogP contribution in [0.1, 0.15) is 15.9 Å². The van der Waals surface area contributed by atoms with Gasteiger partial charge in [0.1, 0.15) is 0 Å². The number of amides is 1. The van der Waals surface area contributed by atoms with E-state index < -0.39 is 11.1 Å². The predicted molar refractivity (Wildman–Crippen MR) is 78.5 cm³/mol. The molecule has 0 bridgehead atoms.